The quantitative estimate of drug-likeness (QED) is 0.770. The molecule has 3 nitrogen and oxygen atoms in total. The summed E-state index contributed by atoms with van der Waals surface area (Å²) in [6, 6.07) is 0. The van der Waals surface area contributed by atoms with Crippen LogP contribution in [0.1, 0.15) is 60.4 Å². The molecule has 2 aliphatic carbocycles. The zero-order valence-electron chi connectivity index (χ0n) is 12.9. The molecule has 2 saturated carbocycles. The van der Waals surface area contributed by atoms with E-state index in [1.165, 1.54) is 24.2 Å². The van der Waals surface area contributed by atoms with Gasteiger partial charge in [0.15, 0.2) is 0 Å². The number of carbonyl (C=O) groups is 1. The van der Waals surface area contributed by atoms with E-state index in [1.807, 2.05) is 13.8 Å². The Bertz CT molecular complexity index is 563. The minimum Gasteiger partial charge on any atom is -0.458 e. The molecule has 1 heterocycles. The molecule has 0 radical (unpaired) electrons. The molecular weight excluding hydrogens is 270 g/mol. The van der Waals surface area contributed by atoms with Crippen LogP contribution in [0.25, 0.3) is 0 Å². The van der Waals surface area contributed by atoms with E-state index in [-0.39, 0.29) is 22.9 Å². The summed E-state index contributed by atoms with van der Waals surface area (Å²) in [5, 5.41) is 0.925. The van der Waals surface area contributed by atoms with Crippen molar-refractivity contribution in [2.45, 2.75) is 60.0 Å². The summed E-state index contributed by atoms with van der Waals surface area (Å²) >= 11 is 1.44. The molecule has 1 aromatic rings. The van der Waals surface area contributed by atoms with Crippen molar-refractivity contribution in [2.75, 3.05) is 0 Å². The Morgan fingerprint density at radius 3 is 2.50 bits per heavy atom. The van der Waals surface area contributed by atoms with Crippen molar-refractivity contribution in [3.63, 3.8) is 0 Å². The summed E-state index contributed by atoms with van der Waals surface area (Å²) in [7, 11) is 0. The third kappa shape index (κ3) is 1.77. The van der Waals surface area contributed by atoms with Gasteiger partial charge in [-0.05, 0) is 44.4 Å². The van der Waals surface area contributed by atoms with Gasteiger partial charge in [-0.15, -0.1) is 11.3 Å². The number of hydrogen-bond donors (Lipinski definition) is 0. The van der Waals surface area contributed by atoms with Gasteiger partial charge in [0.05, 0.1) is 10.7 Å². The lowest BCUT2D eigenvalue weighted by Crippen LogP contribution is -2.38. The number of aryl methyl sites for hydroxylation is 2. The van der Waals surface area contributed by atoms with E-state index in [4.69, 9.17) is 4.74 Å². The minimum atomic E-state index is -0.178. The first kappa shape index (κ1) is 14.1. The van der Waals surface area contributed by atoms with Gasteiger partial charge in [-0.1, -0.05) is 20.8 Å². The number of rotatable bonds is 2. The van der Waals surface area contributed by atoms with Crippen LogP contribution in [-0.4, -0.2) is 17.1 Å². The molecule has 1 aromatic heterocycles. The standard InChI is InChI=1S/C16H23NO2S/c1-9-13(20-10(2)17-9)14(18)19-12-8-11-6-7-16(12,5)15(11,3)4/h11-12H,6-8H2,1-5H3. The van der Waals surface area contributed by atoms with Crippen LogP contribution in [0.5, 0.6) is 0 Å². The molecule has 3 rings (SSSR count). The highest BCUT2D eigenvalue weighted by molar-refractivity contribution is 7.13. The Kier molecular flexibility index (Phi) is 3.02. The number of fused-ring (bicyclic) bond motifs is 2. The topological polar surface area (TPSA) is 39.2 Å². The second-order valence-corrected chi connectivity index (χ2v) is 8.36. The maximum Gasteiger partial charge on any atom is 0.350 e. The summed E-state index contributed by atoms with van der Waals surface area (Å²) in [6.07, 6.45) is 3.52. The Labute approximate surface area is 124 Å². The average molecular weight is 293 g/mol. The molecule has 3 atom stereocenters. The summed E-state index contributed by atoms with van der Waals surface area (Å²) in [4.78, 5) is 17.4. The highest BCUT2D eigenvalue weighted by Gasteiger charge is 2.62. The van der Waals surface area contributed by atoms with Gasteiger partial charge in [0.25, 0.3) is 0 Å². The Morgan fingerprint density at radius 2 is 2.05 bits per heavy atom. The molecule has 2 fully saturated rings. The van der Waals surface area contributed by atoms with Gasteiger partial charge < -0.3 is 4.74 Å². The van der Waals surface area contributed by atoms with Gasteiger partial charge >= 0.3 is 5.97 Å². The van der Waals surface area contributed by atoms with Crippen LogP contribution in [0.2, 0.25) is 0 Å². The molecule has 3 unspecified atom stereocenters. The van der Waals surface area contributed by atoms with Crippen molar-refractivity contribution in [1.82, 2.24) is 4.98 Å². The third-order valence-electron chi connectivity index (χ3n) is 6.05. The van der Waals surface area contributed by atoms with Gasteiger partial charge in [-0.3, -0.25) is 0 Å². The second-order valence-electron chi connectivity index (χ2n) is 7.15. The van der Waals surface area contributed by atoms with Crippen LogP contribution in [0.4, 0.5) is 0 Å². The van der Waals surface area contributed by atoms with Gasteiger partial charge in [0.2, 0.25) is 0 Å². The lowest BCUT2D eigenvalue weighted by atomic mass is 9.70. The number of aromatic nitrogens is 1. The van der Waals surface area contributed by atoms with E-state index in [0.717, 1.165) is 17.1 Å². The fourth-order valence-electron chi connectivity index (χ4n) is 4.21. The molecule has 2 aliphatic rings. The van der Waals surface area contributed by atoms with Crippen LogP contribution in [0.3, 0.4) is 0 Å². The first-order chi connectivity index (χ1) is 9.25. The van der Waals surface area contributed by atoms with Gasteiger partial charge in [-0.25, -0.2) is 9.78 Å². The van der Waals surface area contributed by atoms with Crippen molar-refractivity contribution < 1.29 is 9.53 Å². The summed E-state index contributed by atoms with van der Waals surface area (Å²) in [5.41, 5.74) is 1.20. The smallest absolute Gasteiger partial charge is 0.350 e. The third-order valence-corrected chi connectivity index (χ3v) is 7.11. The molecule has 0 amide bonds. The number of thiazole rings is 1. The molecule has 0 aromatic carbocycles. The first-order valence-corrected chi connectivity index (χ1v) is 8.22. The number of hydrogen-bond acceptors (Lipinski definition) is 4. The molecule has 2 bridgehead atoms. The van der Waals surface area contributed by atoms with E-state index in [1.54, 1.807) is 0 Å². The highest BCUT2D eigenvalue weighted by atomic mass is 32.1. The van der Waals surface area contributed by atoms with Crippen molar-refractivity contribution in [3.05, 3.63) is 15.6 Å². The molecule has 20 heavy (non-hydrogen) atoms. The molecular formula is C16H23NO2S. The number of ether oxygens (including phenoxy) is 1. The Morgan fingerprint density at radius 1 is 1.35 bits per heavy atom. The SMILES string of the molecule is Cc1nc(C)c(C(=O)OC2CC3CCC2(C)C3(C)C)s1. The van der Waals surface area contributed by atoms with Crippen LogP contribution < -0.4 is 0 Å². The first-order valence-electron chi connectivity index (χ1n) is 7.41. The molecule has 0 N–H and O–H groups in total. The maximum atomic E-state index is 12.4. The number of nitrogens with zero attached hydrogens (tertiary/aromatic N) is 1. The van der Waals surface area contributed by atoms with Crippen molar-refractivity contribution in [3.8, 4) is 0 Å². The van der Waals surface area contributed by atoms with Gasteiger partial charge in [0, 0.05) is 5.41 Å². The van der Waals surface area contributed by atoms with Crippen LogP contribution in [0.15, 0.2) is 0 Å². The predicted molar refractivity (Wildman–Crippen MR) is 80.0 cm³/mol. The molecule has 4 heteroatoms. The average Bonchev–Trinajstić information content (AvgIpc) is 2.86. The lowest BCUT2D eigenvalue weighted by Gasteiger charge is -2.38. The van der Waals surface area contributed by atoms with E-state index in [9.17, 15) is 4.79 Å². The monoisotopic (exact) mass is 293 g/mol. The molecule has 0 saturated heterocycles. The van der Waals surface area contributed by atoms with Gasteiger partial charge in [0.1, 0.15) is 11.0 Å². The predicted octanol–water partition coefficient (Wildman–Crippen LogP) is 4.13. The minimum absolute atomic E-state index is 0.0607. The second kappa shape index (κ2) is 4.30. The summed E-state index contributed by atoms with van der Waals surface area (Å²) < 4.78 is 5.90. The van der Waals surface area contributed by atoms with Crippen LogP contribution >= 0.6 is 11.3 Å². The number of esters is 1. The normalized spacial score (nSPS) is 34.5. The Hall–Kier alpha value is -0.900. The van der Waals surface area contributed by atoms with E-state index in [0.29, 0.717) is 10.8 Å². The zero-order chi connectivity index (χ0) is 14.7. The van der Waals surface area contributed by atoms with Crippen molar-refractivity contribution >= 4 is 17.3 Å². The van der Waals surface area contributed by atoms with Crippen LogP contribution in [0, 0.1) is 30.6 Å². The number of carbonyl (C=O) groups excluding carboxylic acids is 1. The van der Waals surface area contributed by atoms with Gasteiger partial charge in [-0.2, -0.15) is 0 Å². The molecule has 0 aliphatic heterocycles. The highest BCUT2D eigenvalue weighted by Crippen LogP contribution is 2.66. The van der Waals surface area contributed by atoms with E-state index >= 15 is 0 Å². The largest absolute Gasteiger partial charge is 0.458 e. The lowest BCUT2D eigenvalue weighted by molar-refractivity contribution is -0.0239. The van der Waals surface area contributed by atoms with Crippen molar-refractivity contribution in [2.24, 2.45) is 16.7 Å². The van der Waals surface area contributed by atoms with Crippen LogP contribution in [-0.2, 0) is 4.74 Å². The zero-order valence-corrected chi connectivity index (χ0v) is 13.8. The van der Waals surface area contributed by atoms with E-state index < -0.39 is 0 Å². The molecule has 110 valence electrons. The maximum absolute atomic E-state index is 12.4. The van der Waals surface area contributed by atoms with E-state index in [2.05, 4.69) is 25.8 Å². The van der Waals surface area contributed by atoms with Crippen molar-refractivity contribution in [1.29, 1.82) is 0 Å². The summed E-state index contributed by atoms with van der Waals surface area (Å²) in [5.74, 6) is 0.511. The summed E-state index contributed by atoms with van der Waals surface area (Å²) in [6.45, 7) is 10.8. The fraction of sp³-hybridized carbons (Fsp3) is 0.750. The fourth-order valence-corrected chi connectivity index (χ4v) is 5.01. The Balaban J connectivity index is 1.80. The molecule has 0 spiro atoms.